The molecule has 2 heteroatoms. The second-order valence-electron chi connectivity index (χ2n) is 15.8. The minimum absolute atomic E-state index is 0.0404. The van der Waals surface area contributed by atoms with Gasteiger partial charge in [0, 0.05) is 37.3 Å². The van der Waals surface area contributed by atoms with E-state index in [4.69, 9.17) is 0 Å². The Hall–Kier alpha value is -1.64. The molecule has 0 fully saturated rings. The molecular weight excluding hydrogens is 508 g/mol. The van der Waals surface area contributed by atoms with Gasteiger partial charge in [0.25, 0.3) is 0 Å². The van der Waals surface area contributed by atoms with Gasteiger partial charge in [0.1, 0.15) is 0 Å². The molecule has 0 saturated carbocycles. The Labute approximate surface area is 264 Å². The molecule has 0 spiro atoms. The Balaban J connectivity index is 0.00000315. The van der Waals surface area contributed by atoms with Crippen molar-refractivity contribution in [1.29, 1.82) is 0 Å². The summed E-state index contributed by atoms with van der Waals surface area (Å²) >= 11 is 0. The van der Waals surface area contributed by atoms with Crippen LogP contribution in [0, 0.1) is 22.7 Å². The Kier molecular flexibility index (Phi) is 17.5. The van der Waals surface area contributed by atoms with Crippen molar-refractivity contribution in [3.63, 3.8) is 0 Å². The zero-order valence-corrected chi connectivity index (χ0v) is 31.1. The van der Waals surface area contributed by atoms with E-state index < -0.39 is 0 Å². The fourth-order valence-electron chi connectivity index (χ4n) is 5.15. The molecule has 0 aliphatic carbocycles. The summed E-state index contributed by atoms with van der Waals surface area (Å²) in [6, 6.07) is 22.1. The third-order valence-corrected chi connectivity index (χ3v) is 8.96. The van der Waals surface area contributed by atoms with E-state index in [-0.39, 0.29) is 21.9 Å². The molecule has 0 aromatic heterocycles. The Morgan fingerprint density at radius 2 is 0.786 bits per heavy atom. The highest BCUT2D eigenvalue weighted by molar-refractivity contribution is 5.16. The quantitative estimate of drug-likeness (QED) is 0.246. The molecule has 0 bridgehead atoms. The predicted molar refractivity (Wildman–Crippen MR) is 191 cm³/mol. The van der Waals surface area contributed by atoms with E-state index in [2.05, 4.69) is 167 Å². The number of hydrogen-bond acceptors (Lipinski definition) is 2. The summed E-state index contributed by atoms with van der Waals surface area (Å²) in [5.74, 6) is 1.19. The third kappa shape index (κ3) is 14.7. The maximum absolute atomic E-state index is 2.76. The standard InChI is InChI=1S/C35H58N2.C3H8.C2H6/c1-28(32(3,4)5)23-36(25-30-19-15-13-16-20-30)34(9,10)27-35(11,12)37(24-29(2)33(6,7)8)26-31-21-17-14-18-22-31;1-3-2;1-2/h13-22,28-29H,23-27H2,1-12H3;3H2,1-2H3;1-2H3. The van der Waals surface area contributed by atoms with Crippen LogP contribution in [0.2, 0.25) is 0 Å². The summed E-state index contributed by atoms with van der Waals surface area (Å²) in [7, 11) is 0. The Morgan fingerprint density at radius 3 is 1.02 bits per heavy atom. The lowest BCUT2D eigenvalue weighted by Crippen LogP contribution is -2.55. The van der Waals surface area contributed by atoms with Gasteiger partial charge in [-0.3, -0.25) is 9.80 Å². The summed E-state index contributed by atoms with van der Waals surface area (Å²) in [5, 5.41) is 0. The van der Waals surface area contributed by atoms with Gasteiger partial charge in [-0.2, -0.15) is 0 Å². The summed E-state index contributed by atoms with van der Waals surface area (Å²) in [6.07, 6.45) is 2.35. The van der Waals surface area contributed by atoms with Crippen molar-refractivity contribution in [1.82, 2.24) is 9.80 Å². The first-order valence-corrected chi connectivity index (χ1v) is 16.9. The maximum atomic E-state index is 2.76. The molecule has 42 heavy (non-hydrogen) atoms. The van der Waals surface area contributed by atoms with Gasteiger partial charge in [-0.05, 0) is 67.9 Å². The van der Waals surface area contributed by atoms with Gasteiger partial charge >= 0.3 is 0 Å². The lowest BCUT2D eigenvalue weighted by Gasteiger charge is -2.50. The lowest BCUT2D eigenvalue weighted by molar-refractivity contribution is -0.00558. The molecular formula is C40H72N2. The monoisotopic (exact) mass is 581 g/mol. The molecule has 0 aliphatic heterocycles. The second kappa shape index (κ2) is 18.2. The fraction of sp³-hybridized carbons (Fsp3) is 0.700. The van der Waals surface area contributed by atoms with Gasteiger partial charge in [0.2, 0.25) is 0 Å². The van der Waals surface area contributed by atoms with Crippen LogP contribution < -0.4 is 0 Å². The molecule has 0 amide bonds. The van der Waals surface area contributed by atoms with Crippen LogP contribution in [0.3, 0.4) is 0 Å². The summed E-state index contributed by atoms with van der Waals surface area (Å²) in [6.45, 7) is 41.4. The van der Waals surface area contributed by atoms with E-state index in [0.29, 0.717) is 11.8 Å². The number of rotatable bonds is 12. The van der Waals surface area contributed by atoms with E-state index in [9.17, 15) is 0 Å². The van der Waals surface area contributed by atoms with Crippen molar-refractivity contribution >= 4 is 0 Å². The van der Waals surface area contributed by atoms with Crippen LogP contribution in [0.15, 0.2) is 60.7 Å². The highest BCUT2D eigenvalue weighted by Crippen LogP contribution is 2.37. The topological polar surface area (TPSA) is 6.48 Å². The molecule has 2 aromatic rings. The molecule has 2 nitrogen and oxygen atoms in total. The zero-order chi connectivity index (χ0) is 32.8. The van der Waals surface area contributed by atoms with Crippen molar-refractivity contribution in [2.45, 2.75) is 148 Å². The number of hydrogen-bond donors (Lipinski definition) is 0. The Bertz CT molecular complexity index is 854. The SMILES string of the molecule is CC.CC(CN(Cc1ccccc1)C(C)(C)CC(C)(C)N(Cc1ccccc1)CC(C)C(C)(C)C)C(C)(C)C.CCC. The zero-order valence-electron chi connectivity index (χ0n) is 31.1. The molecule has 2 rings (SSSR count). The van der Waals surface area contributed by atoms with Crippen molar-refractivity contribution in [2.24, 2.45) is 22.7 Å². The van der Waals surface area contributed by atoms with Gasteiger partial charge in [-0.25, -0.2) is 0 Å². The van der Waals surface area contributed by atoms with E-state index in [1.54, 1.807) is 0 Å². The molecule has 0 aliphatic rings. The van der Waals surface area contributed by atoms with Crippen LogP contribution in [0.4, 0.5) is 0 Å². The first kappa shape index (κ1) is 40.4. The van der Waals surface area contributed by atoms with Crippen molar-refractivity contribution in [2.75, 3.05) is 13.1 Å². The molecule has 0 radical (unpaired) electrons. The van der Waals surface area contributed by atoms with Crippen molar-refractivity contribution < 1.29 is 0 Å². The van der Waals surface area contributed by atoms with Crippen molar-refractivity contribution in [3.8, 4) is 0 Å². The maximum Gasteiger partial charge on any atom is 0.0239 e. The fourth-order valence-corrected chi connectivity index (χ4v) is 5.15. The van der Waals surface area contributed by atoms with Crippen LogP contribution in [-0.2, 0) is 13.1 Å². The first-order valence-electron chi connectivity index (χ1n) is 16.9. The lowest BCUT2D eigenvalue weighted by atomic mass is 9.78. The van der Waals surface area contributed by atoms with Gasteiger partial charge in [0.15, 0.2) is 0 Å². The van der Waals surface area contributed by atoms with E-state index >= 15 is 0 Å². The summed E-state index contributed by atoms with van der Waals surface area (Å²) in [4.78, 5) is 5.52. The molecule has 0 heterocycles. The highest BCUT2D eigenvalue weighted by atomic mass is 15.2. The predicted octanol–water partition coefficient (Wildman–Crippen LogP) is 11.7. The number of nitrogens with zero attached hydrogens (tertiary/aromatic N) is 2. The van der Waals surface area contributed by atoms with Crippen LogP contribution in [0.5, 0.6) is 0 Å². The molecule has 2 unspecified atom stereocenters. The van der Waals surface area contributed by atoms with Gasteiger partial charge < -0.3 is 0 Å². The smallest absolute Gasteiger partial charge is 0.0239 e. The van der Waals surface area contributed by atoms with Crippen molar-refractivity contribution in [3.05, 3.63) is 71.8 Å². The number of benzene rings is 2. The third-order valence-electron chi connectivity index (χ3n) is 8.96. The summed E-state index contributed by atoms with van der Waals surface area (Å²) in [5.41, 5.74) is 3.44. The van der Waals surface area contributed by atoms with Crippen LogP contribution in [-0.4, -0.2) is 34.0 Å². The minimum Gasteiger partial charge on any atom is -0.294 e. The largest absolute Gasteiger partial charge is 0.294 e. The molecule has 2 aromatic carbocycles. The molecule has 0 saturated heterocycles. The normalized spacial score (nSPS) is 14.0. The average Bonchev–Trinajstić information content (AvgIpc) is 2.89. The van der Waals surface area contributed by atoms with E-state index in [0.717, 1.165) is 32.6 Å². The first-order chi connectivity index (χ1) is 19.3. The van der Waals surface area contributed by atoms with Crippen LogP contribution in [0.25, 0.3) is 0 Å². The van der Waals surface area contributed by atoms with Gasteiger partial charge in [0.05, 0.1) is 0 Å². The van der Waals surface area contributed by atoms with Crippen LogP contribution in [0.1, 0.15) is 135 Å². The molecule has 2 atom stereocenters. The second-order valence-corrected chi connectivity index (χ2v) is 15.8. The van der Waals surface area contributed by atoms with Crippen LogP contribution >= 0.6 is 0 Å². The average molecular weight is 581 g/mol. The Morgan fingerprint density at radius 1 is 0.524 bits per heavy atom. The van der Waals surface area contributed by atoms with Gasteiger partial charge in [-0.1, -0.05) is 150 Å². The molecule has 242 valence electrons. The highest BCUT2D eigenvalue weighted by Gasteiger charge is 2.39. The molecule has 0 N–H and O–H groups in total. The van der Waals surface area contributed by atoms with E-state index in [1.807, 2.05) is 13.8 Å². The van der Waals surface area contributed by atoms with E-state index in [1.165, 1.54) is 17.5 Å². The van der Waals surface area contributed by atoms with Gasteiger partial charge in [-0.15, -0.1) is 0 Å². The minimum atomic E-state index is 0.0404. The summed E-state index contributed by atoms with van der Waals surface area (Å²) < 4.78 is 0.